The van der Waals surface area contributed by atoms with E-state index in [4.69, 9.17) is 9.73 Å². The van der Waals surface area contributed by atoms with Gasteiger partial charge in [-0.3, -0.25) is 4.90 Å². The minimum absolute atomic E-state index is 0.255. The summed E-state index contributed by atoms with van der Waals surface area (Å²) in [6.07, 6.45) is 6.27. The molecule has 140 valence electrons. The van der Waals surface area contributed by atoms with Crippen LogP contribution in [0.2, 0.25) is 0 Å². The van der Waals surface area contributed by atoms with E-state index >= 15 is 0 Å². The Labute approximate surface area is 155 Å². The van der Waals surface area contributed by atoms with E-state index in [0.717, 1.165) is 17.5 Å². The lowest BCUT2D eigenvalue weighted by atomic mass is 10.1. The summed E-state index contributed by atoms with van der Waals surface area (Å²) in [5, 5.41) is 0. The highest BCUT2D eigenvalue weighted by Gasteiger charge is 2.31. The predicted octanol–water partition coefficient (Wildman–Crippen LogP) is 2.36. The number of hydrogen-bond acceptors (Lipinski definition) is 6. The molecule has 0 saturated carbocycles. The van der Waals surface area contributed by atoms with Crippen molar-refractivity contribution in [2.75, 3.05) is 26.7 Å². The van der Waals surface area contributed by atoms with Crippen LogP contribution in [0.1, 0.15) is 17.4 Å². The third-order valence-electron chi connectivity index (χ3n) is 4.66. The van der Waals surface area contributed by atoms with Crippen molar-refractivity contribution in [2.24, 2.45) is 4.99 Å². The van der Waals surface area contributed by atoms with Crippen LogP contribution in [-0.4, -0.2) is 58.5 Å². The van der Waals surface area contributed by atoms with Gasteiger partial charge in [-0.1, -0.05) is 6.07 Å². The van der Waals surface area contributed by atoms with Gasteiger partial charge in [-0.25, -0.2) is 23.7 Å². The van der Waals surface area contributed by atoms with Crippen LogP contribution in [0.15, 0.2) is 54.1 Å². The second-order valence-electron chi connectivity index (χ2n) is 6.46. The molecule has 1 aromatic heterocycles. The second-order valence-corrected chi connectivity index (χ2v) is 6.46. The van der Waals surface area contributed by atoms with Gasteiger partial charge < -0.3 is 9.64 Å². The van der Waals surface area contributed by atoms with Crippen molar-refractivity contribution in [1.29, 1.82) is 0 Å². The average Bonchev–Trinajstić information content (AvgIpc) is 2.69. The van der Waals surface area contributed by atoms with Crippen LogP contribution in [0.5, 0.6) is 0 Å². The lowest BCUT2D eigenvalue weighted by Crippen LogP contribution is -2.50. The maximum absolute atomic E-state index is 14.2. The number of hydrogen-bond donors (Lipinski definition) is 0. The minimum Gasteiger partial charge on any atom is -0.371 e. The van der Waals surface area contributed by atoms with E-state index in [2.05, 4.69) is 14.9 Å². The van der Waals surface area contributed by atoms with Gasteiger partial charge in [0.2, 0.25) is 0 Å². The van der Waals surface area contributed by atoms with E-state index in [1.54, 1.807) is 6.20 Å². The number of nitrogens with zero attached hydrogens (tertiary/aromatic N) is 5. The molecule has 1 aromatic carbocycles. The lowest BCUT2D eigenvalue weighted by molar-refractivity contribution is -0.0645. The van der Waals surface area contributed by atoms with E-state index in [1.165, 1.54) is 18.5 Å². The topological polar surface area (TPSA) is 53.9 Å². The summed E-state index contributed by atoms with van der Waals surface area (Å²) in [5.74, 6) is -1.19. The average molecular weight is 371 g/mol. The van der Waals surface area contributed by atoms with Crippen molar-refractivity contribution in [1.82, 2.24) is 19.8 Å². The molecule has 3 heterocycles. The fourth-order valence-electron chi connectivity index (χ4n) is 3.29. The standard InChI is InChI=1S/C19H19F2N5O/c1-25-7-5-17(16-4-6-22-12-23-16)24-19(25)26-8-9-27-18(11-26)14-3-2-13(20)10-15(14)21/h2-7,10,12,18-19H,8-9,11H2,1H3/t18?,19-/m1/s1. The second kappa shape index (κ2) is 7.50. The molecule has 0 N–H and O–H groups in total. The molecular weight excluding hydrogens is 352 g/mol. The number of halogens is 2. The summed E-state index contributed by atoms with van der Waals surface area (Å²) >= 11 is 0. The molecule has 0 bridgehead atoms. The van der Waals surface area contributed by atoms with Crippen molar-refractivity contribution < 1.29 is 13.5 Å². The Balaban J connectivity index is 1.56. The molecule has 27 heavy (non-hydrogen) atoms. The third kappa shape index (κ3) is 3.72. The number of allylic oxidation sites excluding steroid dienone is 1. The zero-order chi connectivity index (χ0) is 18.8. The fraction of sp³-hybridized carbons (Fsp3) is 0.316. The number of aliphatic imine (C=N–C) groups is 1. The molecule has 2 aliphatic heterocycles. The zero-order valence-electron chi connectivity index (χ0n) is 14.8. The van der Waals surface area contributed by atoms with Gasteiger partial charge in [-0.05, 0) is 18.2 Å². The highest BCUT2D eigenvalue weighted by molar-refractivity contribution is 6.07. The molecule has 8 heteroatoms. The van der Waals surface area contributed by atoms with E-state index in [1.807, 2.05) is 30.3 Å². The van der Waals surface area contributed by atoms with Crippen molar-refractivity contribution in [3.8, 4) is 0 Å². The first kappa shape index (κ1) is 17.7. The molecule has 0 radical (unpaired) electrons. The predicted molar refractivity (Wildman–Crippen MR) is 95.9 cm³/mol. The van der Waals surface area contributed by atoms with Gasteiger partial charge in [0.25, 0.3) is 0 Å². The molecule has 2 atom stereocenters. The van der Waals surface area contributed by atoms with Crippen molar-refractivity contribution >= 4 is 5.71 Å². The summed E-state index contributed by atoms with van der Waals surface area (Å²) in [4.78, 5) is 17.1. The van der Waals surface area contributed by atoms with Crippen LogP contribution < -0.4 is 0 Å². The van der Waals surface area contributed by atoms with E-state index in [0.29, 0.717) is 25.3 Å². The number of aromatic nitrogens is 2. The van der Waals surface area contributed by atoms with Gasteiger partial charge in [-0.15, -0.1) is 0 Å². The molecular formula is C19H19F2N5O. The number of benzene rings is 1. The first-order valence-corrected chi connectivity index (χ1v) is 8.67. The largest absolute Gasteiger partial charge is 0.371 e. The maximum Gasteiger partial charge on any atom is 0.178 e. The van der Waals surface area contributed by atoms with E-state index in [9.17, 15) is 8.78 Å². The summed E-state index contributed by atoms with van der Waals surface area (Å²) in [6.45, 7) is 1.54. The number of rotatable bonds is 3. The van der Waals surface area contributed by atoms with Crippen molar-refractivity contribution in [3.05, 3.63) is 72.0 Å². The first-order chi connectivity index (χ1) is 13.1. The Morgan fingerprint density at radius 1 is 1.22 bits per heavy atom. The van der Waals surface area contributed by atoms with Crippen LogP contribution in [0.4, 0.5) is 8.78 Å². The molecule has 0 amide bonds. The Bertz CT molecular complexity index is 874. The van der Waals surface area contributed by atoms with Gasteiger partial charge in [-0.2, -0.15) is 0 Å². The van der Waals surface area contributed by atoms with E-state index < -0.39 is 17.7 Å². The third-order valence-corrected chi connectivity index (χ3v) is 4.66. The van der Waals surface area contributed by atoms with Gasteiger partial charge in [0.05, 0.1) is 24.1 Å². The zero-order valence-corrected chi connectivity index (χ0v) is 14.8. The van der Waals surface area contributed by atoms with Crippen LogP contribution >= 0.6 is 0 Å². The summed E-state index contributed by atoms with van der Waals surface area (Å²) in [5.41, 5.74) is 1.86. The first-order valence-electron chi connectivity index (χ1n) is 8.67. The molecule has 1 saturated heterocycles. The molecule has 1 fully saturated rings. The quantitative estimate of drug-likeness (QED) is 0.829. The molecule has 6 nitrogen and oxygen atoms in total. The molecule has 0 aliphatic carbocycles. The van der Waals surface area contributed by atoms with Crippen molar-refractivity contribution in [3.63, 3.8) is 0 Å². The van der Waals surface area contributed by atoms with Gasteiger partial charge in [0, 0.05) is 44.2 Å². The fourth-order valence-corrected chi connectivity index (χ4v) is 3.29. The minimum atomic E-state index is -0.597. The summed E-state index contributed by atoms with van der Waals surface area (Å²) in [7, 11) is 1.93. The van der Waals surface area contributed by atoms with Crippen LogP contribution in [-0.2, 0) is 4.74 Å². The van der Waals surface area contributed by atoms with Crippen molar-refractivity contribution in [2.45, 2.75) is 12.4 Å². The highest BCUT2D eigenvalue weighted by Crippen LogP contribution is 2.27. The Morgan fingerprint density at radius 2 is 2.11 bits per heavy atom. The van der Waals surface area contributed by atoms with Gasteiger partial charge in [0.1, 0.15) is 18.0 Å². The van der Waals surface area contributed by atoms with Crippen LogP contribution in [0.25, 0.3) is 0 Å². The van der Waals surface area contributed by atoms with E-state index in [-0.39, 0.29) is 6.29 Å². The molecule has 0 spiro atoms. The molecule has 4 rings (SSSR count). The maximum atomic E-state index is 14.2. The monoisotopic (exact) mass is 371 g/mol. The number of morpholine rings is 1. The highest BCUT2D eigenvalue weighted by atomic mass is 19.1. The molecule has 2 aromatic rings. The molecule has 1 unspecified atom stereocenters. The Kier molecular flexibility index (Phi) is 4.91. The lowest BCUT2D eigenvalue weighted by Gasteiger charge is -2.41. The normalized spacial score (nSPS) is 23.4. The summed E-state index contributed by atoms with van der Waals surface area (Å²) in [6, 6.07) is 5.39. The Morgan fingerprint density at radius 3 is 2.89 bits per heavy atom. The van der Waals surface area contributed by atoms with Gasteiger partial charge >= 0.3 is 0 Å². The van der Waals surface area contributed by atoms with Crippen LogP contribution in [0.3, 0.4) is 0 Å². The van der Waals surface area contributed by atoms with Gasteiger partial charge in [0.15, 0.2) is 6.29 Å². The van der Waals surface area contributed by atoms with Crippen LogP contribution in [0, 0.1) is 11.6 Å². The SMILES string of the molecule is CN1C=CC(c2ccncn2)=N[C@H]1N1CCOC(c2ccc(F)cc2F)C1. The summed E-state index contributed by atoms with van der Waals surface area (Å²) < 4.78 is 33.1. The number of ether oxygens (including phenoxy) is 1. The Hall–Kier alpha value is -2.71. The smallest absolute Gasteiger partial charge is 0.178 e. The molecule has 2 aliphatic rings.